The average Bonchev–Trinajstić information content (AvgIpc) is 3.32. The van der Waals surface area contributed by atoms with Crippen molar-refractivity contribution in [3.8, 4) is 0 Å². The molecule has 0 bridgehead atoms. The van der Waals surface area contributed by atoms with Gasteiger partial charge in [-0.2, -0.15) is 5.10 Å². The number of aromatic nitrogens is 2. The maximum absolute atomic E-state index is 12.6. The van der Waals surface area contributed by atoms with Crippen LogP contribution in [0.15, 0.2) is 68.4 Å². The molecule has 0 aliphatic carbocycles. The Balaban J connectivity index is 1.60. The number of fused-ring (bicyclic) bond motifs is 1. The van der Waals surface area contributed by atoms with Gasteiger partial charge < -0.3 is 14.2 Å². The van der Waals surface area contributed by atoms with Crippen molar-refractivity contribution in [2.75, 3.05) is 6.54 Å². The number of para-hydroxylation sites is 1. The fourth-order valence-corrected chi connectivity index (χ4v) is 3.24. The van der Waals surface area contributed by atoms with Crippen LogP contribution in [-0.4, -0.2) is 22.2 Å². The molecule has 142 valence electrons. The third kappa shape index (κ3) is 3.34. The van der Waals surface area contributed by atoms with Gasteiger partial charge in [0, 0.05) is 18.3 Å². The number of hydrogen-bond donors (Lipinski definition) is 1. The molecule has 1 aromatic carbocycles. The molecule has 0 fully saturated rings. The molecule has 0 saturated heterocycles. The first-order chi connectivity index (χ1) is 13.5. The second kappa shape index (κ2) is 7.19. The van der Waals surface area contributed by atoms with Crippen LogP contribution in [0.5, 0.6) is 0 Å². The first-order valence-electron chi connectivity index (χ1n) is 8.90. The number of rotatable bonds is 5. The summed E-state index contributed by atoms with van der Waals surface area (Å²) < 4.78 is 13.0. The van der Waals surface area contributed by atoms with E-state index in [0.717, 1.165) is 11.4 Å². The molecule has 0 radical (unpaired) electrons. The Morgan fingerprint density at radius 1 is 1.18 bits per heavy atom. The van der Waals surface area contributed by atoms with Gasteiger partial charge in [0.25, 0.3) is 5.91 Å². The van der Waals surface area contributed by atoms with Gasteiger partial charge in [-0.15, -0.1) is 0 Å². The zero-order valence-electron chi connectivity index (χ0n) is 15.5. The summed E-state index contributed by atoms with van der Waals surface area (Å²) in [5, 5.41) is 7.77. The molecule has 0 saturated carbocycles. The predicted molar refractivity (Wildman–Crippen MR) is 103 cm³/mol. The molecule has 4 aromatic rings. The van der Waals surface area contributed by atoms with E-state index in [0.29, 0.717) is 16.7 Å². The van der Waals surface area contributed by atoms with Gasteiger partial charge >= 0.3 is 0 Å². The van der Waals surface area contributed by atoms with Gasteiger partial charge in [-0.05, 0) is 44.2 Å². The highest BCUT2D eigenvalue weighted by Crippen LogP contribution is 2.20. The maximum Gasteiger partial charge on any atom is 0.287 e. The molecule has 3 aromatic heterocycles. The highest BCUT2D eigenvalue weighted by Gasteiger charge is 2.22. The molecule has 7 nitrogen and oxygen atoms in total. The minimum absolute atomic E-state index is 0.0322. The van der Waals surface area contributed by atoms with E-state index < -0.39 is 5.91 Å². The summed E-state index contributed by atoms with van der Waals surface area (Å²) in [6.07, 6.45) is 1.58. The van der Waals surface area contributed by atoms with E-state index in [9.17, 15) is 9.59 Å². The minimum Gasteiger partial charge on any atom is -0.467 e. The summed E-state index contributed by atoms with van der Waals surface area (Å²) in [5.74, 6) is 0.169. The monoisotopic (exact) mass is 377 g/mol. The second-order valence-corrected chi connectivity index (χ2v) is 6.58. The first kappa shape index (κ1) is 17.8. The molecule has 28 heavy (non-hydrogen) atoms. The number of nitrogens with zero attached hydrogens (tertiary/aromatic N) is 2. The fraction of sp³-hybridized carbons (Fsp3) is 0.190. The molecule has 1 unspecified atom stereocenters. The van der Waals surface area contributed by atoms with Crippen molar-refractivity contribution in [1.29, 1.82) is 0 Å². The second-order valence-electron chi connectivity index (χ2n) is 6.58. The number of hydrogen-bond acceptors (Lipinski definition) is 5. The lowest BCUT2D eigenvalue weighted by Crippen LogP contribution is -2.32. The molecule has 4 rings (SSSR count). The number of amides is 1. The summed E-state index contributed by atoms with van der Waals surface area (Å²) >= 11 is 0. The Kier molecular flexibility index (Phi) is 4.57. The Labute approximate surface area is 160 Å². The molecular formula is C21H19N3O4. The van der Waals surface area contributed by atoms with Crippen LogP contribution >= 0.6 is 0 Å². The number of carbonyl (C=O) groups excluding carboxylic acids is 1. The van der Waals surface area contributed by atoms with Gasteiger partial charge in [0.1, 0.15) is 17.4 Å². The quantitative estimate of drug-likeness (QED) is 0.577. The number of benzene rings is 1. The van der Waals surface area contributed by atoms with Crippen LogP contribution in [0.4, 0.5) is 0 Å². The van der Waals surface area contributed by atoms with Crippen molar-refractivity contribution in [1.82, 2.24) is 15.1 Å². The van der Waals surface area contributed by atoms with E-state index in [1.165, 1.54) is 6.07 Å². The van der Waals surface area contributed by atoms with E-state index in [1.54, 1.807) is 36.6 Å². The SMILES string of the molecule is Cc1cc(C)n(C(CNC(=O)c2cc(=O)c3ccccc3o2)c2ccco2)n1. The van der Waals surface area contributed by atoms with Crippen molar-refractivity contribution in [2.24, 2.45) is 0 Å². The van der Waals surface area contributed by atoms with Crippen LogP contribution in [-0.2, 0) is 0 Å². The number of nitrogens with one attached hydrogen (secondary N) is 1. The summed E-state index contributed by atoms with van der Waals surface area (Å²) in [5.41, 5.74) is 1.95. The van der Waals surface area contributed by atoms with Gasteiger partial charge in [-0.3, -0.25) is 14.3 Å². The topological polar surface area (TPSA) is 90.3 Å². The fourth-order valence-electron chi connectivity index (χ4n) is 3.24. The predicted octanol–water partition coefficient (Wildman–Crippen LogP) is 3.22. The molecule has 1 atom stereocenters. The summed E-state index contributed by atoms with van der Waals surface area (Å²) in [6, 6.07) is 13.3. The standard InChI is InChI=1S/C21H19N3O4/c1-13-10-14(2)24(23-13)16(19-8-5-9-27-19)12-22-21(26)20-11-17(25)15-6-3-4-7-18(15)28-20/h3-11,16H,12H2,1-2H3,(H,22,26). The van der Waals surface area contributed by atoms with E-state index in [4.69, 9.17) is 8.83 Å². The van der Waals surface area contributed by atoms with Crippen LogP contribution in [0, 0.1) is 13.8 Å². The van der Waals surface area contributed by atoms with Crippen LogP contribution in [0.3, 0.4) is 0 Å². The Morgan fingerprint density at radius 2 is 2.00 bits per heavy atom. The highest BCUT2D eigenvalue weighted by molar-refractivity contribution is 5.93. The molecule has 0 aliphatic heterocycles. The van der Waals surface area contributed by atoms with Crippen molar-refractivity contribution in [2.45, 2.75) is 19.9 Å². The van der Waals surface area contributed by atoms with Crippen molar-refractivity contribution < 1.29 is 13.6 Å². The summed E-state index contributed by atoms with van der Waals surface area (Å²) in [7, 11) is 0. The lowest BCUT2D eigenvalue weighted by Gasteiger charge is -2.18. The first-order valence-corrected chi connectivity index (χ1v) is 8.90. The van der Waals surface area contributed by atoms with Crippen molar-refractivity contribution in [3.05, 3.63) is 87.9 Å². The van der Waals surface area contributed by atoms with E-state index in [1.807, 2.05) is 30.7 Å². The van der Waals surface area contributed by atoms with Crippen LogP contribution in [0.2, 0.25) is 0 Å². The van der Waals surface area contributed by atoms with Gasteiger partial charge in [-0.25, -0.2) is 0 Å². The molecule has 1 N–H and O–H groups in total. The number of aryl methyl sites for hydroxylation is 2. The maximum atomic E-state index is 12.6. The van der Waals surface area contributed by atoms with E-state index in [-0.39, 0.29) is 23.8 Å². The van der Waals surface area contributed by atoms with Gasteiger partial charge in [0.2, 0.25) is 0 Å². The highest BCUT2D eigenvalue weighted by atomic mass is 16.3. The lowest BCUT2D eigenvalue weighted by molar-refractivity contribution is 0.0920. The largest absolute Gasteiger partial charge is 0.467 e. The number of furan rings is 1. The molecule has 0 aliphatic rings. The van der Waals surface area contributed by atoms with Crippen LogP contribution in [0.1, 0.15) is 33.7 Å². The minimum atomic E-state index is -0.471. The van der Waals surface area contributed by atoms with Gasteiger partial charge in [-0.1, -0.05) is 12.1 Å². The van der Waals surface area contributed by atoms with E-state index in [2.05, 4.69) is 10.4 Å². The summed E-state index contributed by atoms with van der Waals surface area (Å²) in [4.78, 5) is 24.9. The molecular weight excluding hydrogens is 358 g/mol. The van der Waals surface area contributed by atoms with Gasteiger partial charge in [0.15, 0.2) is 11.2 Å². The number of carbonyl (C=O) groups is 1. The molecule has 0 spiro atoms. The average molecular weight is 377 g/mol. The van der Waals surface area contributed by atoms with Gasteiger partial charge in [0.05, 0.1) is 17.3 Å². The molecule has 1 amide bonds. The Hall–Kier alpha value is -3.61. The van der Waals surface area contributed by atoms with E-state index >= 15 is 0 Å². The normalized spacial score (nSPS) is 12.2. The zero-order chi connectivity index (χ0) is 19.7. The lowest BCUT2D eigenvalue weighted by atomic mass is 10.2. The smallest absolute Gasteiger partial charge is 0.287 e. The third-order valence-electron chi connectivity index (χ3n) is 4.53. The molecule has 7 heteroatoms. The van der Waals surface area contributed by atoms with Crippen molar-refractivity contribution in [3.63, 3.8) is 0 Å². The van der Waals surface area contributed by atoms with Crippen LogP contribution < -0.4 is 10.7 Å². The Bertz CT molecular complexity index is 1190. The van der Waals surface area contributed by atoms with Crippen LogP contribution in [0.25, 0.3) is 11.0 Å². The molecule has 3 heterocycles. The zero-order valence-corrected chi connectivity index (χ0v) is 15.5. The Morgan fingerprint density at radius 3 is 2.71 bits per heavy atom. The van der Waals surface area contributed by atoms with Crippen molar-refractivity contribution >= 4 is 16.9 Å². The third-order valence-corrected chi connectivity index (χ3v) is 4.53. The summed E-state index contributed by atoms with van der Waals surface area (Å²) in [6.45, 7) is 4.08.